The van der Waals surface area contributed by atoms with Crippen LogP contribution in [0.15, 0.2) is 34.7 Å². The number of aryl methyl sites for hydroxylation is 1. The topological polar surface area (TPSA) is 85.1 Å². The number of sulfonamides is 1. The lowest BCUT2D eigenvalue weighted by Crippen LogP contribution is -2.25. The predicted octanol–water partition coefficient (Wildman–Crippen LogP) is 1.43. The summed E-state index contributed by atoms with van der Waals surface area (Å²) in [6, 6.07) is 7.25. The van der Waals surface area contributed by atoms with Gasteiger partial charge in [-0.25, -0.2) is 13.1 Å². The van der Waals surface area contributed by atoms with E-state index in [0.717, 1.165) is 16.1 Å². The summed E-state index contributed by atoms with van der Waals surface area (Å²) in [6.45, 7) is 2.56. The minimum absolute atomic E-state index is 0.316. The lowest BCUT2D eigenvalue weighted by molar-refractivity contribution is 0.583. The van der Waals surface area contributed by atoms with Crippen LogP contribution in [0.25, 0.3) is 0 Å². The van der Waals surface area contributed by atoms with E-state index in [0.29, 0.717) is 23.7 Å². The Hall–Kier alpha value is -1.28. The Morgan fingerprint density at radius 2 is 2.20 bits per heavy atom. The van der Waals surface area contributed by atoms with Gasteiger partial charge in [0, 0.05) is 36.3 Å². The van der Waals surface area contributed by atoms with Gasteiger partial charge in [-0.15, -0.1) is 11.3 Å². The van der Waals surface area contributed by atoms with Gasteiger partial charge in [0.1, 0.15) is 4.21 Å². The smallest absolute Gasteiger partial charge is 0.250 e. The summed E-state index contributed by atoms with van der Waals surface area (Å²) in [4.78, 5) is 5.05. The average Bonchev–Trinajstić information content (AvgIpc) is 2.82. The zero-order chi connectivity index (χ0) is 14.6. The first-order chi connectivity index (χ1) is 9.53. The SMILES string of the molecule is Cc1cc(S(=O)(=O)NCCc2ccccn2)sc1CN. The van der Waals surface area contributed by atoms with Gasteiger partial charge in [0.25, 0.3) is 0 Å². The quantitative estimate of drug-likeness (QED) is 0.845. The first kappa shape index (κ1) is 15.1. The van der Waals surface area contributed by atoms with Crippen LogP contribution in [0.3, 0.4) is 0 Å². The molecule has 2 rings (SSSR count). The fourth-order valence-electron chi connectivity index (χ4n) is 1.75. The first-order valence-electron chi connectivity index (χ1n) is 6.22. The van der Waals surface area contributed by atoms with Crippen molar-refractivity contribution in [2.24, 2.45) is 5.73 Å². The number of nitrogens with one attached hydrogen (secondary N) is 1. The highest BCUT2D eigenvalue weighted by Gasteiger charge is 2.17. The van der Waals surface area contributed by atoms with E-state index in [-0.39, 0.29) is 0 Å². The zero-order valence-corrected chi connectivity index (χ0v) is 12.8. The fourth-order valence-corrected chi connectivity index (χ4v) is 4.30. The second-order valence-corrected chi connectivity index (χ2v) is 7.48. The van der Waals surface area contributed by atoms with E-state index in [1.807, 2.05) is 25.1 Å². The molecule has 2 aromatic heterocycles. The molecule has 0 spiro atoms. The molecule has 0 bridgehead atoms. The van der Waals surface area contributed by atoms with E-state index >= 15 is 0 Å². The molecule has 3 N–H and O–H groups in total. The molecule has 0 unspecified atom stereocenters. The summed E-state index contributed by atoms with van der Waals surface area (Å²) in [5.74, 6) is 0. The van der Waals surface area contributed by atoms with Gasteiger partial charge in [-0.2, -0.15) is 0 Å². The largest absolute Gasteiger partial charge is 0.326 e. The molecule has 0 aliphatic carbocycles. The van der Waals surface area contributed by atoms with Gasteiger partial charge in [-0.05, 0) is 30.7 Å². The van der Waals surface area contributed by atoms with E-state index in [1.54, 1.807) is 12.3 Å². The van der Waals surface area contributed by atoms with Crippen molar-refractivity contribution in [3.05, 3.63) is 46.6 Å². The Balaban J connectivity index is 2.00. The van der Waals surface area contributed by atoms with Crippen molar-refractivity contribution in [1.82, 2.24) is 9.71 Å². The van der Waals surface area contributed by atoms with Crippen molar-refractivity contribution >= 4 is 21.4 Å². The van der Waals surface area contributed by atoms with Gasteiger partial charge in [-0.1, -0.05) is 6.07 Å². The second kappa shape index (κ2) is 6.45. The minimum Gasteiger partial charge on any atom is -0.326 e. The third-order valence-electron chi connectivity index (χ3n) is 2.85. The van der Waals surface area contributed by atoms with Crippen LogP contribution in [-0.4, -0.2) is 19.9 Å². The van der Waals surface area contributed by atoms with Crippen LogP contribution in [0.5, 0.6) is 0 Å². The van der Waals surface area contributed by atoms with Crippen molar-refractivity contribution in [1.29, 1.82) is 0 Å². The molecular formula is C13H17N3O2S2. The summed E-state index contributed by atoms with van der Waals surface area (Å²) in [5, 5.41) is 0. The van der Waals surface area contributed by atoms with Crippen LogP contribution in [-0.2, 0) is 23.0 Å². The monoisotopic (exact) mass is 311 g/mol. The van der Waals surface area contributed by atoms with Crippen LogP contribution < -0.4 is 10.5 Å². The molecule has 0 aliphatic rings. The van der Waals surface area contributed by atoms with Gasteiger partial charge in [0.15, 0.2) is 0 Å². The van der Waals surface area contributed by atoms with E-state index in [9.17, 15) is 8.42 Å². The summed E-state index contributed by atoms with van der Waals surface area (Å²) in [7, 11) is -3.46. The first-order valence-corrected chi connectivity index (χ1v) is 8.52. The third kappa shape index (κ3) is 3.63. The molecule has 20 heavy (non-hydrogen) atoms. The Labute approximate surface area is 122 Å². The Kier molecular flexibility index (Phi) is 4.87. The van der Waals surface area contributed by atoms with Gasteiger partial charge in [0.2, 0.25) is 10.0 Å². The number of thiophene rings is 1. The van der Waals surface area contributed by atoms with Crippen LogP contribution in [0.4, 0.5) is 0 Å². The number of aromatic nitrogens is 1. The lowest BCUT2D eigenvalue weighted by Gasteiger charge is -2.04. The molecule has 108 valence electrons. The van der Waals surface area contributed by atoms with Crippen molar-refractivity contribution in [3.63, 3.8) is 0 Å². The molecule has 5 nitrogen and oxygen atoms in total. The summed E-state index contributed by atoms with van der Waals surface area (Å²) >= 11 is 1.22. The lowest BCUT2D eigenvalue weighted by atomic mass is 10.3. The molecule has 0 amide bonds. The Bertz CT molecular complexity index is 666. The van der Waals surface area contributed by atoms with Crippen molar-refractivity contribution < 1.29 is 8.42 Å². The third-order valence-corrected chi connectivity index (χ3v) is 6.04. The Morgan fingerprint density at radius 3 is 2.80 bits per heavy atom. The average molecular weight is 311 g/mol. The number of nitrogens with zero attached hydrogens (tertiary/aromatic N) is 1. The maximum atomic E-state index is 12.1. The molecule has 7 heteroatoms. The van der Waals surface area contributed by atoms with E-state index in [1.165, 1.54) is 11.3 Å². The van der Waals surface area contributed by atoms with E-state index in [2.05, 4.69) is 9.71 Å². The molecule has 0 aromatic carbocycles. The maximum Gasteiger partial charge on any atom is 0.250 e. The highest BCUT2D eigenvalue weighted by Crippen LogP contribution is 2.25. The second-order valence-electron chi connectivity index (χ2n) is 4.34. The van der Waals surface area contributed by atoms with Crippen LogP contribution in [0, 0.1) is 6.92 Å². The fraction of sp³-hybridized carbons (Fsp3) is 0.308. The van der Waals surface area contributed by atoms with Crippen LogP contribution >= 0.6 is 11.3 Å². The normalized spacial score (nSPS) is 11.7. The van der Waals surface area contributed by atoms with E-state index < -0.39 is 10.0 Å². The number of nitrogens with two attached hydrogens (primary N) is 1. The molecular weight excluding hydrogens is 294 g/mol. The molecule has 2 aromatic rings. The van der Waals surface area contributed by atoms with Gasteiger partial charge >= 0.3 is 0 Å². The van der Waals surface area contributed by atoms with Crippen molar-refractivity contribution in [2.45, 2.75) is 24.1 Å². The van der Waals surface area contributed by atoms with E-state index in [4.69, 9.17) is 5.73 Å². The molecule has 0 aliphatic heterocycles. The highest BCUT2D eigenvalue weighted by atomic mass is 32.2. The van der Waals surface area contributed by atoms with Gasteiger partial charge < -0.3 is 5.73 Å². The summed E-state index contributed by atoms with van der Waals surface area (Å²) in [6.07, 6.45) is 2.26. The van der Waals surface area contributed by atoms with Crippen molar-refractivity contribution in [3.8, 4) is 0 Å². The molecule has 0 saturated heterocycles. The Morgan fingerprint density at radius 1 is 1.40 bits per heavy atom. The maximum absolute atomic E-state index is 12.1. The van der Waals surface area contributed by atoms with Crippen LogP contribution in [0.2, 0.25) is 0 Å². The van der Waals surface area contributed by atoms with Gasteiger partial charge in [-0.3, -0.25) is 4.98 Å². The zero-order valence-electron chi connectivity index (χ0n) is 11.2. The van der Waals surface area contributed by atoms with Gasteiger partial charge in [0.05, 0.1) is 0 Å². The highest BCUT2D eigenvalue weighted by molar-refractivity contribution is 7.91. The predicted molar refractivity (Wildman–Crippen MR) is 80.1 cm³/mol. The molecule has 2 heterocycles. The standard InChI is InChI=1S/C13H17N3O2S2/c1-10-8-13(19-12(10)9-14)20(17,18)16-7-5-11-4-2-3-6-15-11/h2-4,6,8,16H,5,7,9,14H2,1H3. The number of hydrogen-bond acceptors (Lipinski definition) is 5. The molecule has 0 atom stereocenters. The summed E-state index contributed by atoms with van der Waals surface area (Å²) < 4.78 is 27.2. The number of rotatable bonds is 6. The molecule has 0 fully saturated rings. The summed E-state index contributed by atoms with van der Waals surface area (Å²) in [5.41, 5.74) is 7.35. The van der Waals surface area contributed by atoms with Crippen molar-refractivity contribution in [2.75, 3.05) is 6.54 Å². The molecule has 0 radical (unpaired) electrons. The minimum atomic E-state index is -3.46. The number of pyridine rings is 1. The molecule has 0 saturated carbocycles. The number of hydrogen-bond donors (Lipinski definition) is 2. The van der Waals surface area contributed by atoms with Crippen LogP contribution in [0.1, 0.15) is 16.1 Å².